The fourth-order valence-corrected chi connectivity index (χ4v) is 2.12. The summed E-state index contributed by atoms with van der Waals surface area (Å²) in [6.45, 7) is 1.47. The number of halogens is 4. The first-order valence-corrected chi connectivity index (χ1v) is 6.93. The van der Waals surface area contributed by atoms with Crippen molar-refractivity contribution in [2.45, 2.75) is 25.6 Å². The zero-order chi connectivity index (χ0) is 17.9. The van der Waals surface area contributed by atoms with E-state index in [2.05, 4.69) is 5.32 Å². The van der Waals surface area contributed by atoms with Crippen molar-refractivity contribution in [3.63, 3.8) is 0 Å². The molecule has 1 atom stereocenters. The zero-order valence-electron chi connectivity index (χ0n) is 12.5. The first-order valence-electron chi connectivity index (χ1n) is 6.93. The van der Waals surface area contributed by atoms with Crippen LogP contribution >= 0.6 is 0 Å². The number of furan rings is 1. The summed E-state index contributed by atoms with van der Waals surface area (Å²) >= 11 is 0. The van der Waals surface area contributed by atoms with Gasteiger partial charge in [-0.25, -0.2) is 4.39 Å². The lowest BCUT2D eigenvalue weighted by Gasteiger charge is -2.16. The monoisotopic (exact) mass is 343 g/mol. The first-order chi connectivity index (χ1) is 11.2. The number of hydrogen-bond donors (Lipinski definition) is 1. The molecular weight excluding hydrogens is 330 g/mol. The highest BCUT2D eigenvalue weighted by atomic mass is 19.4. The number of benzene rings is 1. The van der Waals surface area contributed by atoms with E-state index in [0.29, 0.717) is 0 Å². The van der Waals surface area contributed by atoms with Gasteiger partial charge in [0, 0.05) is 12.5 Å². The highest BCUT2D eigenvalue weighted by Gasteiger charge is 2.36. The van der Waals surface area contributed by atoms with E-state index in [1.807, 2.05) is 0 Å². The number of hydrogen-bond acceptors (Lipinski definition) is 3. The van der Waals surface area contributed by atoms with Crippen molar-refractivity contribution in [2.24, 2.45) is 0 Å². The molecule has 0 aliphatic heterocycles. The number of amides is 1. The van der Waals surface area contributed by atoms with Gasteiger partial charge in [0.25, 0.3) is 5.91 Å². The first kappa shape index (κ1) is 17.7. The maximum atomic E-state index is 13.0. The minimum atomic E-state index is -4.87. The highest BCUT2D eigenvalue weighted by Crippen LogP contribution is 2.32. The predicted molar refractivity (Wildman–Crippen MR) is 76.0 cm³/mol. The van der Waals surface area contributed by atoms with Crippen molar-refractivity contribution < 1.29 is 31.6 Å². The van der Waals surface area contributed by atoms with E-state index in [0.717, 1.165) is 12.1 Å². The van der Waals surface area contributed by atoms with Gasteiger partial charge < -0.3 is 9.73 Å². The third-order valence-electron chi connectivity index (χ3n) is 3.20. The van der Waals surface area contributed by atoms with Gasteiger partial charge in [-0.2, -0.15) is 13.2 Å². The number of carbonyl (C=O) groups excluding carboxylic acids is 2. The Bertz CT molecular complexity index is 738. The van der Waals surface area contributed by atoms with Crippen LogP contribution in [0.5, 0.6) is 0 Å². The molecule has 1 unspecified atom stereocenters. The number of Topliss-reactive ketones (excluding diaryl/α,β-unsaturated/α-hetero) is 1. The molecule has 2 rings (SSSR count). The molecule has 4 nitrogen and oxygen atoms in total. The van der Waals surface area contributed by atoms with E-state index in [1.54, 1.807) is 0 Å². The Labute approximate surface area is 134 Å². The Morgan fingerprint density at radius 3 is 2.54 bits per heavy atom. The lowest BCUT2D eigenvalue weighted by atomic mass is 10.0. The molecular formula is C16H13F4NO3. The molecule has 0 fully saturated rings. The minimum absolute atomic E-state index is 0.0915. The van der Waals surface area contributed by atoms with Gasteiger partial charge in [0.15, 0.2) is 11.5 Å². The van der Waals surface area contributed by atoms with E-state index in [4.69, 9.17) is 4.42 Å². The maximum Gasteiger partial charge on any atom is 0.417 e. The fourth-order valence-electron chi connectivity index (χ4n) is 2.12. The van der Waals surface area contributed by atoms with Crippen LogP contribution in [0.15, 0.2) is 41.0 Å². The van der Waals surface area contributed by atoms with Crippen LogP contribution in [0.25, 0.3) is 0 Å². The van der Waals surface area contributed by atoms with Gasteiger partial charge in [0.1, 0.15) is 5.82 Å². The minimum Gasteiger partial charge on any atom is -0.461 e. The average molecular weight is 343 g/mol. The summed E-state index contributed by atoms with van der Waals surface area (Å²) in [6.07, 6.45) is -3.71. The normalized spacial score (nSPS) is 12.7. The van der Waals surface area contributed by atoms with Crippen molar-refractivity contribution in [2.75, 3.05) is 0 Å². The Morgan fingerprint density at radius 1 is 1.25 bits per heavy atom. The van der Waals surface area contributed by atoms with E-state index >= 15 is 0 Å². The summed E-state index contributed by atoms with van der Waals surface area (Å²) in [5.74, 6) is -2.45. The second kappa shape index (κ2) is 6.86. The van der Waals surface area contributed by atoms with Gasteiger partial charge in [0.2, 0.25) is 0 Å². The zero-order valence-corrected chi connectivity index (χ0v) is 12.5. The van der Waals surface area contributed by atoms with Crippen LogP contribution in [0.4, 0.5) is 17.6 Å². The van der Waals surface area contributed by atoms with Crippen molar-refractivity contribution >= 4 is 11.7 Å². The smallest absolute Gasteiger partial charge is 0.417 e. The number of carbonyl (C=O) groups is 2. The standard InChI is InChI=1S/C16H13F4NO3/c1-9(7-13(22)14-3-2-6-24-14)21-15(23)11-5-4-10(17)8-12(11)16(18,19)20/h2-6,8-9H,7H2,1H3,(H,21,23). The molecule has 0 aliphatic rings. The molecule has 1 aromatic carbocycles. The Kier molecular flexibility index (Phi) is 5.06. The molecule has 0 saturated heterocycles. The maximum absolute atomic E-state index is 13.0. The summed E-state index contributed by atoms with van der Waals surface area (Å²) in [4.78, 5) is 23.9. The number of alkyl halides is 3. The summed E-state index contributed by atoms with van der Waals surface area (Å²) in [7, 11) is 0. The van der Waals surface area contributed by atoms with Crippen LogP contribution in [0.1, 0.15) is 39.8 Å². The predicted octanol–water partition coefficient (Wildman–Crippen LogP) is 3.83. The molecule has 2 aromatic rings. The molecule has 0 aliphatic carbocycles. The Hall–Kier alpha value is -2.64. The molecule has 24 heavy (non-hydrogen) atoms. The second-order valence-corrected chi connectivity index (χ2v) is 5.17. The molecule has 0 bridgehead atoms. The SMILES string of the molecule is CC(CC(=O)c1ccco1)NC(=O)c1ccc(F)cc1C(F)(F)F. The second-order valence-electron chi connectivity index (χ2n) is 5.17. The van der Waals surface area contributed by atoms with E-state index in [9.17, 15) is 27.2 Å². The van der Waals surface area contributed by atoms with Crippen molar-refractivity contribution in [3.05, 3.63) is 59.3 Å². The summed E-state index contributed by atoms with van der Waals surface area (Å²) in [6, 6.07) is 4.01. The third kappa shape index (κ3) is 4.21. The molecule has 8 heteroatoms. The topological polar surface area (TPSA) is 59.3 Å². The van der Waals surface area contributed by atoms with Crippen molar-refractivity contribution in [1.82, 2.24) is 5.32 Å². The van der Waals surface area contributed by atoms with E-state index in [1.165, 1.54) is 25.3 Å². The number of rotatable bonds is 5. The lowest BCUT2D eigenvalue weighted by molar-refractivity contribution is -0.138. The van der Waals surface area contributed by atoms with Gasteiger partial charge in [-0.1, -0.05) is 0 Å². The quantitative estimate of drug-likeness (QED) is 0.663. The summed E-state index contributed by atoms with van der Waals surface area (Å²) in [5.41, 5.74) is -2.08. The van der Waals surface area contributed by atoms with Crippen LogP contribution in [0, 0.1) is 5.82 Å². The van der Waals surface area contributed by atoms with Crippen molar-refractivity contribution in [1.29, 1.82) is 0 Å². The van der Waals surface area contributed by atoms with Crippen molar-refractivity contribution in [3.8, 4) is 0 Å². The molecule has 0 radical (unpaired) electrons. The van der Waals surface area contributed by atoms with Crippen LogP contribution in [-0.4, -0.2) is 17.7 Å². The van der Waals surface area contributed by atoms with Crippen LogP contribution in [0.3, 0.4) is 0 Å². The van der Waals surface area contributed by atoms with E-state index < -0.39 is 40.9 Å². The number of ketones is 1. The molecule has 1 aromatic heterocycles. The largest absolute Gasteiger partial charge is 0.461 e. The average Bonchev–Trinajstić information content (AvgIpc) is 3.00. The fraction of sp³-hybridized carbons (Fsp3) is 0.250. The molecule has 1 N–H and O–H groups in total. The highest BCUT2D eigenvalue weighted by molar-refractivity contribution is 5.97. The van der Waals surface area contributed by atoms with Crippen LogP contribution < -0.4 is 5.32 Å². The van der Waals surface area contributed by atoms with Crippen LogP contribution in [-0.2, 0) is 6.18 Å². The Balaban J connectivity index is 2.11. The summed E-state index contributed by atoms with van der Waals surface area (Å²) in [5, 5.41) is 2.30. The summed E-state index contributed by atoms with van der Waals surface area (Å²) < 4.78 is 56.7. The van der Waals surface area contributed by atoms with Gasteiger partial charge in [0.05, 0.1) is 17.4 Å². The molecule has 1 heterocycles. The van der Waals surface area contributed by atoms with Crippen LogP contribution in [0.2, 0.25) is 0 Å². The Morgan fingerprint density at radius 2 is 1.96 bits per heavy atom. The van der Waals surface area contributed by atoms with E-state index in [-0.39, 0.29) is 18.2 Å². The van der Waals surface area contributed by atoms with Gasteiger partial charge in [-0.3, -0.25) is 9.59 Å². The third-order valence-corrected chi connectivity index (χ3v) is 3.20. The lowest BCUT2D eigenvalue weighted by Crippen LogP contribution is -2.35. The molecule has 1 amide bonds. The molecule has 0 saturated carbocycles. The van der Waals surface area contributed by atoms with Gasteiger partial charge in [-0.05, 0) is 37.3 Å². The number of nitrogens with one attached hydrogen (secondary N) is 1. The van der Waals surface area contributed by atoms with Gasteiger partial charge in [-0.15, -0.1) is 0 Å². The van der Waals surface area contributed by atoms with Gasteiger partial charge >= 0.3 is 6.18 Å². The molecule has 0 spiro atoms. The molecule has 128 valence electrons.